The zero-order valence-corrected chi connectivity index (χ0v) is 17.3. The van der Waals surface area contributed by atoms with Crippen LogP contribution in [0.15, 0.2) is 53.4 Å². The molecule has 1 aliphatic rings. The van der Waals surface area contributed by atoms with Gasteiger partial charge in [-0.25, -0.2) is 8.42 Å². The lowest BCUT2D eigenvalue weighted by molar-refractivity contribution is -0.127. The second-order valence-electron chi connectivity index (χ2n) is 7.06. The monoisotopic (exact) mass is 409 g/mol. The summed E-state index contributed by atoms with van der Waals surface area (Å²) in [5.41, 5.74) is 3.68. The molecular formula is C22H23N3O3S. The van der Waals surface area contributed by atoms with Crippen molar-refractivity contribution in [3.8, 4) is 6.07 Å². The number of hydrogen-bond donors (Lipinski definition) is 0. The number of carbonyl (C=O) groups is 1. The Morgan fingerprint density at radius 2 is 1.69 bits per heavy atom. The number of rotatable bonds is 4. The Bertz CT molecular complexity index is 1080. The SMILES string of the molecule is Cc1ccc(C=CC(=O)N2CCN(S(=O)(=O)c3ccc(C#N)cc3)CC2)c(C)c1. The number of carbonyl (C=O) groups excluding carboxylic acids is 1. The molecule has 1 fully saturated rings. The normalized spacial score (nSPS) is 15.4. The Hall–Kier alpha value is -2.95. The van der Waals surface area contributed by atoms with E-state index in [0.717, 1.165) is 11.1 Å². The predicted octanol–water partition coefficient (Wildman–Crippen LogP) is 2.72. The van der Waals surface area contributed by atoms with E-state index in [4.69, 9.17) is 5.26 Å². The van der Waals surface area contributed by atoms with Gasteiger partial charge < -0.3 is 4.90 Å². The summed E-state index contributed by atoms with van der Waals surface area (Å²) in [5.74, 6) is -0.125. The first kappa shape index (κ1) is 20.8. The molecule has 3 rings (SSSR count). The van der Waals surface area contributed by atoms with Gasteiger partial charge in [0.15, 0.2) is 0 Å². The number of hydrogen-bond acceptors (Lipinski definition) is 4. The average Bonchev–Trinajstić information content (AvgIpc) is 2.73. The van der Waals surface area contributed by atoms with E-state index in [1.165, 1.54) is 34.1 Å². The number of benzene rings is 2. The third kappa shape index (κ3) is 4.73. The van der Waals surface area contributed by atoms with Crippen molar-refractivity contribution >= 4 is 22.0 Å². The highest BCUT2D eigenvalue weighted by Crippen LogP contribution is 2.19. The lowest BCUT2D eigenvalue weighted by Gasteiger charge is -2.33. The molecule has 150 valence electrons. The average molecular weight is 410 g/mol. The van der Waals surface area contributed by atoms with Crippen LogP contribution in [0.5, 0.6) is 0 Å². The Kier molecular flexibility index (Phi) is 6.16. The van der Waals surface area contributed by atoms with Crippen LogP contribution in [0.4, 0.5) is 0 Å². The molecule has 1 heterocycles. The van der Waals surface area contributed by atoms with Crippen molar-refractivity contribution in [2.24, 2.45) is 0 Å². The Morgan fingerprint density at radius 1 is 1.03 bits per heavy atom. The van der Waals surface area contributed by atoms with E-state index in [0.29, 0.717) is 18.7 Å². The lowest BCUT2D eigenvalue weighted by Crippen LogP contribution is -2.50. The molecule has 2 aromatic rings. The van der Waals surface area contributed by atoms with Gasteiger partial charge in [0.1, 0.15) is 0 Å². The van der Waals surface area contributed by atoms with Gasteiger partial charge in [-0.3, -0.25) is 4.79 Å². The van der Waals surface area contributed by atoms with Gasteiger partial charge in [0.05, 0.1) is 16.5 Å². The molecule has 2 aromatic carbocycles. The minimum absolute atomic E-state index is 0.125. The van der Waals surface area contributed by atoms with E-state index in [-0.39, 0.29) is 23.9 Å². The molecule has 6 nitrogen and oxygen atoms in total. The van der Waals surface area contributed by atoms with Crippen LogP contribution in [0.1, 0.15) is 22.3 Å². The quantitative estimate of drug-likeness (QED) is 0.727. The number of amides is 1. The smallest absolute Gasteiger partial charge is 0.246 e. The van der Waals surface area contributed by atoms with Crippen molar-refractivity contribution in [2.45, 2.75) is 18.7 Å². The molecule has 0 atom stereocenters. The highest BCUT2D eigenvalue weighted by Gasteiger charge is 2.29. The number of nitriles is 1. The predicted molar refractivity (Wildman–Crippen MR) is 111 cm³/mol. The lowest BCUT2D eigenvalue weighted by atomic mass is 10.1. The third-order valence-corrected chi connectivity index (χ3v) is 6.92. The summed E-state index contributed by atoms with van der Waals surface area (Å²) in [6.07, 6.45) is 3.35. The number of sulfonamides is 1. The Labute approximate surface area is 171 Å². The van der Waals surface area contributed by atoms with Crippen molar-refractivity contribution in [3.63, 3.8) is 0 Å². The van der Waals surface area contributed by atoms with Crippen molar-refractivity contribution < 1.29 is 13.2 Å². The molecule has 0 saturated carbocycles. The fourth-order valence-corrected chi connectivity index (χ4v) is 4.70. The molecule has 7 heteroatoms. The number of aryl methyl sites for hydroxylation is 2. The standard InChI is InChI=1S/C22H23N3O3S/c1-17-3-6-20(18(2)15-17)7-10-22(26)24-11-13-25(14-12-24)29(27,28)21-8-4-19(16-23)5-9-21/h3-10,15H,11-14H2,1-2H3. The summed E-state index contributed by atoms with van der Waals surface area (Å²) in [4.78, 5) is 14.3. The van der Waals surface area contributed by atoms with Gasteiger partial charge in [0.2, 0.25) is 15.9 Å². The second-order valence-corrected chi connectivity index (χ2v) is 9.00. The highest BCUT2D eigenvalue weighted by molar-refractivity contribution is 7.89. The Morgan fingerprint density at radius 3 is 2.28 bits per heavy atom. The molecule has 0 radical (unpaired) electrons. The third-order valence-electron chi connectivity index (χ3n) is 5.00. The van der Waals surface area contributed by atoms with Gasteiger partial charge in [-0.1, -0.05) is 23.8 Å². The maximum atomic E-state index is 12.8. The fraction of sp³-hybridized carbons (Fsp3) is 0.273. The molecule has 1 amide bonds. The van der Waals surface area contributed by atoms with Crippen LogP contribution in [-0.2, 0) is 14.8 Å². The van der Waals surface area contributed by atoms with Gasteiger partial charge in [0, 0.05) is 32.3 Å². The summed E-state index contributed by atoms with van der Waals surface area (Å²) in [5, 5.41) is 8.85. The van der Waals surface area contributed by atoms with Gasteiger partial charge in [-0.15, -0.1) is 0 Å². The van der Waals surface area contributed by atoms with Crippen molar-refractivity contribution in [2.75, 3.05) is 26.2 Å². The maximum absolute atomic E-state index is 12.8. The summed E-state index contributed by atoms with van der Waals surface area (Å²) >= 11 is 0. The second kappa shape index (κ2) is 8.60. The summed E-state index contributed by atoms with van der Waals surface area (Å²) in [7, 11) is -3.63. The maximum Gasteiger partial charge on any atom is 0.246 e. The topological polar surface area (TPSA) is 81.5 Å². The van der Waals surface area contributed by atoms with Gasteiger partial charge >= 0.3 is 0 Å². The van der Waals surface area contributed by atoms with E-state index in [9.17, 15) is 13.2 Å². The molecule has 0 bridgehead atoms. The first-order chi connectivity index (χ1) is 13.8. The van der Waals surface area contributed by atoms with Gasteiger partial charge in [-0.2, -0.15) is 9.57 Å². The largest absolute Gasteiger partial charge is 0.337 e. The van der Waals surface area contributed by atoms with E-state index >= 15 is 0 Å². The van der Waals surface area contributed by atoms with E-state index in [1.807, 2.05) is 32.0 Å². The summed E-state index contributed by atoms with van der Waals surface area (Å²) < 4.78 is 26.9. The molecule has 0 aromatic heterocycles. The van der Waals surface area contributed by atoms with Crippen molar-refractivity contribution in [1.82, 2.24) is 9.21 Å². The molecule has 0 unspecified atom stereocenters. The molecule has 29 heavy (non-hydrogen) atoms. The molecule has 1 saturated heterocycles. The van der Waals surface area contributed by atoms with Crippen LogP contribution in [0.25, 0.3) is 6.08 Å². The van der Waals surface area contributed by atoms with E-state index in [1.54, 1.807) is 17.1 Å². The van der Waals surface area contributed by atoms with Crippen LogP contribution in [0, 0.1) is 25.2 Å². The van der Waals surface area contributed by atoms with E-state index in [2.05, 4.69) is 6.07 Å². The van der Waals surface area contributed by atoms with E-state index < -0.39 is 10.0 Å². The number of piperazine rings is 1. The first-order valence-electron chi connectivity index (χ1n) is 9.36. The van der Waals surface area contributed by atoms with Gasteiger partial charge in [0.25, 0.3) is 0 Å². The fourth-order valence-electron chi connectivity index (χ4n) is 3.28. The first-order valence-corrected chi connectivity index (χ1v) is 10.8. The van der Waals surface area contributed by atoms with Crippen molar-refractivity contribution in [1.29, 1.82) is 5.26 Å². The van der Waals surface area contributed by atoms with Crippen LogP contribution in [0.2, 0.25) is 0 Å². The van der Waals surface area contributed by atoms with Crippen LogP contribution in [0.3, 0.4) is 0 Å². The molecule has 0 aliphatic carbocycles. The molecule has 1 aliphatic heterocycles. The molecular weight excluding hydrogens is 386 g/mol. The van der Waals surface area contributed by atoms with Crippen LogP contribution >= 0.6 is 0 Å². The minimum atomic E-state index is -3.63. The summed E-state index contributed by atoms with van der Waals surface area (Å²) in [6, 6.07) is 13.9. The van der Waals surface area contributed by atoms with Crippen molar-refractivity contribution in [3.05, 3.63) is 70.8 Å². The summed E-state index contributed by atoms with van der Waals surface area (Å²) in [6.45, 7) is 5.19. The molecule has 0 N–H and O–H groups in total. The molecule has 0 spiro atoms. The van der Waals surface area contributed by atoms with Crippen LogP contribution < -0.4 is 0 Å². The zero-order valence-electron chi connectivity index (χ0n) is 16.5. The number of nitrogens with zero attached hydrogens (tertiary/aromatic N) is 3. The van der Waals surface area contributed by atoms with Gasteiger partial charge in [-0.05, 0) is 55.3 Å². The Balaban J connectivity index is 1.62. The van der Waals surface area contributed by atoms with Crippen LogP contribution in [-0.4, -0.2) is 49.7 Å². The highest BCUT2D eigenvalue weighted by atomic mass is 32.2. The minimum Gasteiger partial charge on any atom is -0.337 e. The zero-order chi connectivity index (χ0) is 21.0.